The Balaban J connectivity index is 1.36. The molecule has 0 saturated heterocycles. The third-order valence-electron chi connectivity index (χ3n) is 16.5. The summed E-state index contributed by atoms with van der Waals surface area (Å²) in [5, 5.41) is 11.7. The summed E-state index contributed by atoms with van der Waals surface area (Å²) in [4.78, 5) is 11.5. The average molecular weight is 946 g/mol. The Bertz CT molecular complexity index is 3520. The Labute approximate surface area is 428 Å². The van der Waals surface area contributed by atoms with Crippen molar-refractivity contribution in [3.8, 4) is 78.7 Å². The molecule has 0 spiro atoms. The van der Waals surface area contributed by atoms with Crippen molar-refractivity contribution in [2.45, 2.75) is 131 Å². The Morgan fingerprint density at radius 3 is 1.74 bits per heavy atom. The van der Waals surface area contributed by atoms with Crippen molar-refractivity contribution in [2.24, 2.45) is 0 Å². The fraction of sp³-hybridized carbons (Fsp3) is 0.294. The van der Waals surface area contributed by atoms with E-state index in [9.17, 15) is 5.11 Å². The van der Waals surface area contributed by atoms with E-state index in [0.29, 0.717) is 23.7 Å². The molecule has 0 aliphatic heterocycles. The minimum Gasteiger partial charge on any atom is -0.507 e. The van der Waals surface area contributed by atoms with E-state index in [0.717, 1.165) is 78.4 Å². The van der Waals surface area contributed by atoms with Crippen LogP contribution in [-0.2, 0) is 10.8 Å². The number of hydrogen-bond acceptors (Lipinski definition) is 3. The van der Waals surface area contributed by atoms with Gasteiger partial charge in [0, 0.05) is 16.5 Å². The standard InChI is InChI=1S/C68H71N3O/c1-39(2)46-29-30-50(42(7)8)54(38-46)52-26-19-25-51(49-36-47(40(3)4)35-48(37-49)41(5)6)61(52)53-31-34-58-64(60(53)45-23-16-15-17-24-45)70-66(71(58)65-43(9)21-18-22-44(65)10)57-33-32-56-63(69-57)62-55(27-20-28-59(62)72)67(11,12)68(56,13)14/h15-42,72H,1-14H3. The maximum atomic E-state index is 11.7. The Morgan fingerprint density at radius 2 is 1.08 bits per heavy atom. The van der Waals surface area contributed by atoms with Gasteiger partial charge in [-0.3, -0.25) is 4.57 Å². The van der Waals surface area contributed by atoms with Gasteiger partial charge < -0.3 is 5.11 Å². The van der Waals surface area contributed by atoms with Gasteiger partial charge in [-0.2, -0.15) is 0 Å². The van der Waals surface area contributed by atoms with Gasteiger partial charge in [0.05, 0.1) is 22.4 Å². The van der Waals surface area contributed by atoms with Crippen LogP contribution in [0.1, 0.15) is 151 Å². The summed E-state index contributed by atoms with van der Waals surface area (Å²) in [5.41, 5.74) is 24.0. The molecule has 2 aromatic heterocycles. The van der Waals surface area contributed by atoms with Crippen molar-refractivity contribution in [2.75, 3.05) is 0 Å². The van der Waals surface area contributed by atoms with E-state index in [-0.39, 0.29) is 16.6 Å². The third-order valence-corrected chi connectivity index (χ3v) is 16.5. The number of para-hydroxylation sites is 1. The summed E-state index contributed by atoms with van der Waals surface area (Å²) in [6.45, 7) is 32.0. The Hall–Kier alpha value is -7.04. The van der Waals surface area contributed by atoms with Crippen LogP contribution in [0.15, 0.2) is 146 Å². The Morgan fingerprint density at radius 1 is 0.458 bits per heavy atom. The fourth-order valence-corrected chi connectivity index (χ4v) is 11.5. The SMILES string of the molecule is Cc1cccc(C)c1-n1c(-c2ccc3c(n2)-c2c(O)cccc2C(C)(C)C3(C)C)nc2c(-c3ccccc3)c(-c3c(-c4cc(C(C)C)cc(C(C)C)c4)cccc3-c3cc(C(C)C)ccc3C(C)C)ccc21. The molecular formula is C68H71N3O. The molecule has 2 heterocycles. The normalized spacial score (nSPS) is 13.9. The number of phenols is 1. The second kappa shape index (κ2) is 18.2. The van der Waals surface area contributed by atoms with Crippen LogP contribution in [-0.4, -0.2) is 19.6 Å². The molecule has 0 unspecified atom stereocenters. The number of aromatic hydroxyl groups is 1. The van der Waals surface area contributed by atoms with Gasteiger partial charge in [-0.25, -0.2) is 9.97 Å². The number of fused-ring (bicyclic) bond motifs is 4. The lowest BCUT2D eigenvalue weighted by Crippen LogP contribution is -2.43. The molecule has 0 amide bonds. The van der Waals surface area contributed by atoms with Crippen molar-refractivity contribution >= 4 is 11.0 Å². The smallest absolute Gasteiger partial charge is 0.164 e. The number of imidazole rings is 1. The first-order chi connectivity index (χ1) is 34.3. The molecule has 1 N–H and O–H groups in total. The van der Waals surface area contributed by atoms with Gasteiger partial charge in [-0.15, -0.1) is 0 Å². The zero-order chi connectivity index (χ0) is 51.1. The van der Waals surface area contributed by atoms with Crippen LogP contribution < -0.4 is 0 Å². The van der Waals surface area contributed by atoms with Gasteiger partial charge in [0.25, 0.3) is 0 Å². The highest BCUT2D eigenvalue weighted by Gasteiger charge is 2.47. The minimum atomic E-state index is -0.281. The largest absolute Gasteiger partial charge is 0.507 e. The molecular weight excluding hydrogens is 875 g/mol. The zero-order valence-corrected chi connectivity index (χ0v) is 45.0. The van der Waals surface area contributed by atoms with Crippen molar-refractivity contribution in [1.29, 1.82) is 0 Å². The number of phenolic OH excluding ortho intramolecular Hbond substituents is 1. The predicted octanol–water partition coefficient (Wildman–Crippen LogP) is 18.8. The highest BCUT2D eigenvalue weighted by molar-refractivity contribution is 6.08. The van der Waals surface area contributed by atoms with Crippen LogP contribution in [0, 0.1) is 13.8 Å². The van der Waals surface area contributed by atoms with E-state index >= 15 is 0 Å². The first-order valence-electron chi connectivity index (χ1n) is 26.2. The van der Waals surface area contributed by atoms with Gasteiger partial charge in [-0.1, -0.05) is 210 Å². The first kappa shape index (κ1) is 48.6. The number of aromatic nitrogens is 3. The third kappa shape index (κ3) is 7.90. The molecule has 0 saturated carbocycles. The van der Waals surface area contributed by atoms with Crippen LogP contribution in [0.5, 0.6) is 5.75 Å². The topological polar surface area (TPSA) is 50.9 Å². The molecule has 4 heteroatoms. The lowest BCUT2D eigenvalue weighted by Gasteiger charge is -2.47. The van der Waals surface area contributed by atoms with Gasteiger partial charge in [0.1, 0.15) is 11.4 Å². The molecule has 72 heavy (non-hydrogen) atoms. The first-order valence-corrected chi connectivity index (χ1v) is 26.2. The minimum absolute atomic E-state index is 0.245. The van der Waals surface area contributed by atoms with Crippen LogP contribution in [0.4, 0.5) is 0 Å². The van der Waals surface area contributed by atoms with E-state index in [4.69, 9.17) is 9.97 Å². The maximum Gasteiger partial charge on any atom is 0.164 e. The molecule has 0 fully saturated rings. The second-order valence-electron chi connectivity index (χ2n) is 22.9. The quantitative estimate of drug-likeness (QED) is 0.149. The molecule has 0 radical (unpaired) electrons. The molecule has 0 atom stereocenters. The van der Waals surface area contributed by atoms with Crippen molar-refractivity contribution in [3.63, 3.8) is 0 Å². The molecule has 364 valence electrons. The number of pyridine rings is 1. The summed E-state index contributed by atoms with van der Waals surface area (Å²) >= 11 is 0. The van der Waals surface area contributed by atoms with Crippen molar-refractivity contribution in [1.82, 2.24) is 14.5 Å². The summed E-state index contributed by atoms with van der Waals surface area (Å²) in [6, 6.07) is 53.8. The second-order valence-corrected chi connectivity index (χ2v) is 22.9. The summed E-state index contributed by atoms with van der Waals surface area (Å²) in [6.07, 6.45) is 0. The summed E-state index contributed by atoms with van der Waals surface area (Å²) in [7, 11) is 0. The van der Waals surface area contributed by atoms with Crippen molar-refractivity contribution < 1.29 is 5.11 Å². The molecule has 0 bridgehead atoms. The van der Waals surface area contributed by atoms with Crippen LogP contribution in [0.2, 0.25) is 0 Å². The molecule has 1 aliphatic rings. The van der Waals surface area contributed by atoms with Gasteiger partial charge >= 0.3 is 0 Å². The Kier molecular flexibility index (Phi) is 12.3. The van der Waals surface area contributed by atoms with Crippen LogP contribution >= 0.6 is 0 Å². The van der Waals surface area contributed by atoms with E-state index in [1.165, 1.54) is 50.1 Å². The molecule has 9 aromatic rings. The predicted molar refractivity (Wildman–Crippen MR) is 305 cm³/mol. The van der Waals surface area contributed by atoms with E-state index in [2.05, 4.69) is 235 Å². The number of nitrogens with zero attached hydrogens (tertiary/aromatic N) is 3. The highest BCUT2D eigenvalue weighted by Crippen LogP contribution is 2.56. The van der Waals surface area contributed by atoms with Gasteiger partial charge in [0.2, 0.25) is 0 Å². The molecule has 7 aromatic carbocycles. The molecule has 1 aliphatic carbocycles. The number of aryl methyl sites for hydroxylation is 2. The highest BCUT2D eigenvalue weighted by atomic mass is 16.3. The van der Waals surface area contributed by atoms with E-state index in [1.54, 1.807) is 6.07 Å². The van der Waals surface area contributed by atoms with E-state index < -0.39 is 0 Å². The fourth-order valence-electron chi connectivity index (χ4n) is 11.5. The summed E-state index contributed by atoms with van der Waals surface area (Å²) in [5.74, 6) is 2.39. The lowest BCUT2D eigenvalue weighted by atomic mass is 9.56. The number of hydrogen-bond donors (Lipinski definition) is 1. The average Bonchev–Trinajstić information content (AvgIpc) is 3.74. The monoisotopic (exact) mass is 946 g/mol. The molecule has 4 nitrogen and oxygen atoms in total. The molecule has 10 rings (SSSR count). The lowest BCUT2D eigenvalue weighted by molar-refractivity contribution is 0.296. The van der Waals surface area contributed by atoms with Crippen LogP contribution in [0.3, 0.4) is 0 Å². The zero-order valence-electron chi connectivity index (χ0n) is 45.0. The van der Waals surface area contributed by atoms with Crippen molar-refractivity contribution in [3.05, 3.63) is 190 Å². The number of rotatable bonds is 10. The number of benzene rings is 7. The maximum absolute atomic E-state index is 11.7. The van der Waals surface area contributed by atoms with Gasteiger partial charge in [-0.05, 0) is 145 Å². The van der Waals surface area contributed by atoms with Gasteiger partial charge in [0.15, 0.2) is 5.82 Å². The summed E-state index contributed by atoms with van der Waals surface area (Å²) < 4.78 is 2.35. The van der Waals surface area contributed by atoms with E-state index in [1.807, 2.05) is 6.07 Å². The van der Waals surface area contributed by atoms with Crippen LogP contribution in [0.25, 0.3) is 84.0 Å².